The van der Waals surface area contributed by atoms with Crippen molar-refractivity contribution < 1.29 is 18.7 Å². The van der Waals surface area contributed by atoms with Crippen molar-refractivity contribution >= 4 is 11.7 Å². The van der Waals surface area contributed by atoms with Gasteiger partial charge in [-0.3, -0.25) is 0 Å². The molecule has 0 radical (unpaired) electrons. The highest BCUT2D eigenvalue weighted by Crippen LogP contribution is 2.20. The van der Waals surface area contributed by atoms with E-state index in [2.05, 4.69) is 0 Å². The highest BCUT2D eigenvalue weighted by atomic mass is 19.1. The normalized spacial score (nSPS) is 10.2. The van der Waals surface area contributed by atoms with Crippen LogP contribution in [0.2, 0.25) is 0 Å². The molecule has 0 spiro atoms. The first-order chi connectivity index (χ1) is 10.0. The van der Waals surface area contributed by atoms with E-state index >= 15 is 0 Å². The number of hydrogen-bond acceptors (Lipinski definition) is 4. The van der Waals surface area contributed by atoms with Gasteiger partial charge in [-0.1, -0.05) is 18.2 Å². The topological polar surface area (TPSA) is 61.5 Å². The molecule has 2 aromatic rings. The molecule has 0 aromatic heterocycles. The molecule has 0 saturated carbocycles. The minimum Gasteiger partial charge on any atom is -0.494 e. The van der Waals surface area contributed by atoms with Crippen LogP contribution < -0.4 is 10.5 Å². The summed E-state index contributed by atoms with van der Waals surface area (Å²) in [7, 11) is 1.39. The van der Waals surface area contributed by atoms with Crippen molar-refractivity contribution in [2.24, 2.45) is 0 Å². The van der Waals surface area contributed by atoms with Gasteiger partial charge in [0.15, 0.2) is 11.6 Å². The van der Waals surface area contributed by atoms with Crippen molar-refractivity contribution in [3.63, 3.8) is 0 Å². The number of anilines is 1. The van der Waals surface area contributed by atoms with Gasteiger partial charge in [0.05, 0.1) is 12.7 Å². The largest absolute Gasteiger partial charge is 0.494 e. The minimum atomic E-state index is -0.535. The smallest absolute Gasteiger partial charge is 0.340 e. The number of nitrogen functional groups attached to an aromatic ring is 1. The quantitative estimate of drug-likeness (QED) is 0.694. The van der Waals surface area contributed by atoms with Crippen molar-refractivity contribution in [2.75, 3.05) is 12.8 Å². The lowest BCUT2D eigenvalue weighted by Crippen LogP contribution is -2.09. The molecule has 0 atom stereocenters. The molecular formula is C16H16FNO3. The summed E-state index contributed by atoms with van der Waals surface area (Å²) >= 11 is 0. The number of ether oxygens (including phenoxy) is 2. The summed E-state index contributed by atoms with van der Waals surface area (Å²) in [5.41, 5.74) is 7.88. The van der Waals surface area contributed by atoms with Gasteiger partial charge in [-0.2, -0.15) is 0 Å². The maximum atomic E-state index is 13.5. The summed E-state index contributed by atoms with van der Waals surface area (Å²) in [5, 5.41) is 0. The molecular weight excluding hydrogens is 273 g/mol. The number of hydrogen-bond donors (Lipinski definition) is 1. The zero-order valence-corrected chi connectivity index (χ0v) is 11.9. The molecule has 4 nitrogen and oxygen atoms in total. The number of esters is 1. The fourth-order valence-corrected chi connectivity index (χ4v) is 1.88. The molecule has 2 aromatic carbocycles. The number of halogens is 1. The number of benzene rings is 2. The Kier molecular flexibility index (Phi) is 4.42. The van der Waals surface area contributed by atoms with Crippen molar-refractivity contribution in [3.05, 3.63) is 58.9 Å². The van der Waals surface area contributed by atoms with Gasteiger partial charge >= 0.3 is 5.97 Å². The molecule has 0 saturated heterocycles. The average molecular weight is 289 g/mol. The highest BCUT2D eigenvalue weighted by Gasteiger charge is 2.13. The van der Waals surface area contributed by atoms with Gasteiger partial charge in [-0.25, -0.2) is 9.18 Å². The van der Waals surface area contributed by atoms with E-state index in [1.807, 2.05) is 13.0 Å². The first-order valence-electron chi connectivity index (χ1n) is 6.37. The van der Waals surface area contributed by atoms with Gasteiger partial charge < -0.3 is 15.2 Å². The Morgan fingerprint density at radius 3 is 2.71 bits per heavy atom. The van der Waals surface area contributed by atoms with E-state index in [1.54, 1.807) is 18.2 Å². The fourth-order valence-electron chi connectivity index (χ4n) is 1.88. The molecule has 0 bridgehead atoms. The number of aryl methyl sites for hydroxylation is 1. The van der Waals surface area contributed by atoms with E-state index < -0.39 is 11.8 Å². The van der Waals surface area contributed by atoms with Crippen LogP contribution in [0.3, 0.4) is 0 Å². The summed E-state index contributed by atoms with van der Waals surface area (Å²) < 4.78 is 23.5. The average Bonchev–Trinajstić information content (AvgIpc) is 2.47. The number of methoxy groups -OCH3 is 1. The molecule has 0 unspecified atom stereocenters. The summed E-state index contributed by atoms with van der Waals surface area (Å²) in [6.45, 7) is 1.78. The molecule has 21 heavy (non-hydrogen) atoms. The van der Waals surface area contributed by atoms with Crippen LogP contribution in [0.25, 0.3) is 0 Å². The van der Waals surface area contributed by atoms with Gasteiger partial charge in [-0.05, 0) is 36.2 Å². The third-order valence-electron chi connectivity index (χ3n) is 3.13. The first kappa shape index (κ1) is 14.8. The molecule has 2 N–H and O–H groups in total. The molecule has 2 rings (SSSR count). The van der Waals surface area contributed by atoms with E-state index in [1.165, 1.54) is 19.2 Å². The Bertz CT molecular complexity index is 671. The number of nitrogens with two attached hydrogens (primary N) is 1. The van der Waals surface area contributed by atoms with Gasteiger partial charge in [0.2, 0.25) is 0 Å². The predicted octanol–water partition coefficient (Wildman–Crippen LogP) is 3.08. The van der Waals surface area contributed by atoms with Crippen LogP contribution in [-0.4, -0.2) is 13.1 Å². The van der Waals surface area contributed by atoms with Crippen LogP contribution in [-0.2, 0) is 11.3 Å². The lowest BCUT2D eigenvalue weighted by molar-refractivity contribution is 0.0473. The van der Waals surface area contributed by atoms with Gasteiger partial charge in [0, 0.05) is 5.69 Å². The van der Waals surface area contributed by atoms with Gasteiger partial charge in [0.25, 0.3) is 0 Å². The summed E-state index contributed by atoms with van der Waals surface area (Å²) in [6.07, 6.45) is 0. The first-order valence-corrected chi connectivity index (χ1v) is 6.37. The summed E-state index contributed by atoms with van der Waals surface area (Å²) in [6, 6.07) is 9.53. The van der Waals surface area contributed by atoms with Crippen molar-refractivity contribution in [3.8, 4) is 5.75 Å². The van der Waals surface area contributed by atoms with Crippen molar-refractivity contribution in [1.82, 2.24) is 0 Å². The molecule has 0 fully saturated rings. The Balaban J connectivity index is 2.07. The molecule has 5 heteroatoms. The van der Waals surface area contributed by atoms with Crippen LogP contribution in [0.4, 0.5) is 10.1 Å². The monoisotopic (exact) mass is 289 g/mol. The third-order valence-corrected chi connectivity index (χ3v) is 3.13. The van der Waals surface area contributed by atoms with Gasteiger partial charge in [0.1, 0.15) is 6.61 Å². The summed E-state index contributed by atoms with van der Waals surface area (Å²) in [5.74, 6) is -0.887. The fraction of sp³-hybridized carbons (Fsp3) is 0.188. The van der Waals surface area contributed by atoms with E-state index in [9.17, 15) is 9.18 Å². The van der Waals surface area contributed by atoms with Gasteiger partial charge in [-0.15, -0.1) is 0 Å². The molecule has 0 amide bonds. The zero-order chi connectivity index (χ0) is 15.4. The van der Waals surface area contributed by atoms with Crippen LogP contribution in [0.15, 0.2) is 36.4 Å². The zero-order valence-electron chi connectivity index (χ0n) is 11.9. The molecule has 0 heterocycles. The van der Waals surface area contributed by atoms with Crippen molar-refractivity contribution in [1.29, 1.82) is 0 Å². The van der Waals surface area contributed by atoms with Crippen LogP contribution in [0, 0.1) is 12.7 Å². The molecule has 0 aliphatic carbocycles. The minimum absolute atomic E-state index is 0.0346. The number of para-hydroxylation sites is 1. The van der Waals surface area contributed by atoms with Crippen LogP contribution in [0.5, 0.6) is 5.75 Å². The van der Waals surface area contributed by atoms with Crippen molar-refractivity contribution in [2.45, 2.75) is 13.5 Å². The number of carbonyl (C=O) groups is 1. The lowest BCUT2D eigenvalue weighted by atomic mass is 10.1. The Morgan fingerprint density at radius 1 is 1.29 bits per heavy atom. The van der Waals surface area contributed by atoms with Crippen LogP contribution >= 0.6 is 0 Å². The second kappa shape index (κ2) is 6.26. The SMILES string of the molecule is COc1ccc(COC(=O)c2cccc(C)c2N)cc1F. The maximum absolute atomic E-state index is 13.5. The lowest BCUT2D eigenvalue weighted by Gasteiger charge is -2.09. The Hall–Kier alpha value is -2.56. The number of carbonyl (C=O) groups excluding carboxylic acids is 1. The maximum Gasteiger partial charge on any atom is 0.340 e. The Labute approximate surface area is 122 Å². The van der Waals surface area contributed by atoms with E-state index in [-0.39, 0.29) is 12.4 Å². The van der Waals surface area contributed by atoms with Crippen LogP contribution in [0.1, 0.15) is 21.5 Å². The highest BCUT2D eigenvalue weighted by molar-refractivity contribution is 5.95. The third kappa shape index (κ3) is 3.31. The summed E-state index contributed by atoms with van der Waals surface area (Å²) in [4.78, 5) is 12.0. The molecule has 0 aliphatic rings. The van der Waals surface area contributed by atoms with E-state index in [0.717, 1.165) is 5.56 Å². The molecule has 0 aliphatic heterocycles. The van der Waals surface area contributed by atoms with E-state index in [0.29, 0.717) is 16.8 Å². The van der Waals surface area contributed by atoms with E-state index in [4.69, 9.17) is 15.2 Å². The predicted molar refractivity (Wildman–Crippen MR) is 77.7 cm³/mol. The molecule has 110 valence electrons. The standard InChI is InChI=1S/C16H16FNO3/c1-10-4-3-5-12(15(10)18)16(19)21-9-11-6-7-14(20-2)13(17)8-11/h3-8H,9,18H2,1-2H3. The number of rotatable bonds is 4. The second-order valence-electron chi connectivity index (χ2n) is 4.58. The Morgan fingerprint density at radius 2 is 2.05 bits per heavy atom. The second-order valence-corrected chi connectivity index (χ2v) is 4.58.